The maximum atomic E-state index is 11.2. The molecule has 0 amide bonds. The van der Waals surface area contributed by atoms with E-state index in [4.69, 9.17) is 9.63 Å². The van der Waals surface area contributed by atoms with E-state index in [0.717, 1.165) is 6.26 Å². The highest BCUT2D eigenvalue weighted by Crippen LogP contribution is 2.17. The number of aromatic nitrogens is 2. The van der Waals surface area contributed by atoms with Crippen LogP contribution in [0.1, 0.15) is 37.2 Å². The minimum absolute atomic E-state index is 0.170. The van der Waals surface area contributed by atoms with Gasteiger partial charge < -0.3 is 9.63 Å². The molecular weight excluding hydrogens is 232 g/mol. The number of aliphatic hydroxyl groups is 1. The summed E-state index contributed by atoms with van der Waals surface area (Å²) in [6, 6.07) is 0. The molecule has 0 aliphatic heterocycles. The van der Waals surface area contributed by atoms with Gasteiger partial charge in [0.15, 0.2) is 15.7 Å². The summed E-state index contributed by atoms with van der Waals surface area (Å²) < 4.78 is 27.4. The van der Waals surface area contributed by atoms with Crippen LogP contribution in [-0.2, 0) is 16.3 Å². The van der Waals surface area contributed by atoms with Crippen LogP contribution in [0, 0.1) is 0 Å². The fourth-order valence-corrected chi connectivity index (χ4v) is 1.54. The predicted octanol–water partition coefficient (Wildman–Crippen LogP) is 0.489. The monoisotopic (exact) mass is 248 g/mol. The van der Waals surface area contributed by atoms with Crippen molar-refractivity contribution in [3.05, 3.63) is 11.7 Å². The molecule has 0 bridgehead atoms. The largest absolute Gasteiger partial charge is 0.393 e. The summed E-state index contributed by atoms with van der Waals surface area (Å²) in [5, 5.41) is 11.9. The zero-order valence-corrected chi connectivity index (χ0v) is 10.4. The SMILES string of the molecule is CC(O)CCc1nc(C(C)S(C)(=O)=O)no1. The first-order chi connectivity index (χ1) is 7.30. The van der Waals surface area contributed by atoms with E-state index in [2.05, 4.69) is 10.1 Å². The molecular formula is C9H16N2O4S. The molecule has 0 aliphatic carbocycles. The third-order valence-electron chi connectivity index (χ3n) is 2.27. The Morgan fingerprint density at radius 2 is 2.06 bits per heavy atom. The molecule has 0 aromatic carbocycles. The Morgan fingerprint density at radius 1 is 1.44 bits per heavy atom. The minimum atomic E-state index is -3.21. The molecule has 92 valence electrons. The summed E-state index contributed by atoms with van der Waals surface area (Å²) in [7, 11) is -3.21. The van der Waals surface area contributed by atoms with Gasteiger partial charge in [0, 0.05) is 12.7 Å². The van der Waals surface area contributed by atoms with E-state index in [1.165, 1.54) is 6.92 Å². The van der Waals surface area contributed by atoms with Crippen molar-refractivity contribution in [2.75, 3.05) is 6.26 Å². The number of hydrogen-bond donors (Lipinski definition) is 1. The lowest BCUT2D eigenvalue weighted by molar-refractivity contribution is 0.180. The topological polar surface area (TPSA) is 93.3 Å². The summed E-state index contributed by atoms with van der Waals surface area (Å²) in [4.78, 5) is 3.98. The quantitative estimate of drug-likeness (QED) is 0.815. The van der Waals surface area contributed by atoms with Crippen molar-refractivity contribution < 1.29 is 18.0 Å². The van der Waals surface area contributed by atoms with Gasteiger partial charge in [-0.25, -0.2) is 8.42 Å². The molecule has 0 saturated carbocycles. The zero-order chi connectivity index (χ0) is 12.3. The van der Waals surface area contributed by atoms with Gasteiger partial charge in [0.05, 0.1) is 6.10 Å². The molecule has 1 N–H and O–H groups in total. The molecule has 0 radical (unpaired) electrons. The van der Waals surface area contributed by atoms with E-state index in [0.29, 0.717) is 18.7 Å². The van der Waals surface area contributed by atoms with Crippen LogP contribution in [0.5, 0.6) is 0 Å². The van der Waals surface area contributed by atoms with Crippen molar-refractivity contribution in [3.63, 3.8) is 0 Å². The first-order valence-electron chi connectivity index (χ1n) is 5.00. The van der Waals surface area contributed by atoms with E-state index >= 15 is 0 Å². The molecule has 1 heterocycles. The standard InChI is InChI=1S/C9H16N2O4S/c1-6(12)4-5-8-10-9(11-15-8)7(2)16(3,13)14/h6-7,12H,4-5H2,1-3H3. The summed E-state index contributed by atoms with van der Waals surface area (Å²) in [5.41, 5.74) is 0. The normalized spacial score (nSPS) is 16.0. The van der Waals surface area contributed by atoms with Crippen molar-refractivity contribution in [2.45, 2.75) is 38.0 Å². The first-order valence-corrected chi connectivity index (χ1v) is 6.95. The van der Waals surface area contributed by atoms with Gasteiger partial charge in [-0.3, -0.25) is 0 Å². The number of nitrogens with zero attached hydrogens (tertiary/aromatic N) is 2. The number of aryl methyl sites for hydroxylation is 1. The molecule has 0 fully saturated rings. The average Bonchev–Trinajstić information content (AvgIpc) is 2.60. The van der Waals surface area contributed by atoms with Gasteiger partial charge in [0.1, 0.15) is 5.25 Å². The number of rotatable bonds is 5. The summed E-state index contributed by atoms with van der Waals surface area (Å²) in [6.07, 6.45) is 1.64. The van der Waals surface area contributed by atoms with Gasteiger partial charge in [-0.2, -0.15) is 4.98 Å². The Bertz CT molecular complexity index is 438. The summed E-state index contributed by atoms with van der Waals surface area (Å²) in [6.45, 7) is 3.18. The fourth-order valence-electron chi connectivity index (χ4n) is 1.06. The molecule has 0 spiro atoms. The van der Waals surface area contributed by atoms with E-state index in [-0.39, 0.29) is 5.82 Å². The smallest absolute Gasteiger partial charge is 0.226 e. The molecule has 0 aliphatic rings. The highest BCUT2D eigenvalue weighted by Gasteiger charge is 2.22. The lowest BCUT2D eigenvalue weighted by Gasteiger charge is -2.02. The molecule has 1 rings (SSSR count). The molecule has 7 heteroatoms. The molecule has 0 saturated heterocycles. The highest BCUT2D eigenvalue weighted by molar-refractivity contribution is 7.90. The van der Waals surface area contributed by atoms with Crippen molar-refractivity contribution >= 4 is 9.84 Å². The maximum absolute atomic E-state index is 11.2. The Kier molecular flexibility index (Phi) is 4.03. The van der Waals surface area contributed by atoms with Gasteiger partial charge >= 0.3 is 0 Å². The average molecular weight is 248 g/mol. The van der Waals surface area contributed by atoms with E-state index < -0.39 is 21.2 Å². The maximum Gasteiger partial charge on any atom is 0.226 e. The Balaban J connectivity index is 2.72. The number of sulfone groups is 1. The van der Waals surface area contributed by atoms with E-state index in [9.17, 15) is 8.42 Å². The van der Waals surface area contributed by atoms with Gasteiger partial charge in [-0.1, -0.05) is 5.16 Å². The molecule has 2 unspecified atom stereocenters. The van der Waals surface area contributed by atoms with Gasteiger partial charge in [-0.15, -0.1) is 0 Å². The van der Waals surface area contributed by atoms with Crippen LogP contribution >= 0.6 is 0 Å². The second kappa shape index (κ2) is 4.92. The second-order valence-corrected chi connectivity index (χ2v) is 6.27. The van der Waals surface area contributed by atoms with Crippen LogP contribution in [0.15, 0.2) is 4.52 Å². The van der Waals surface area contributed by atoms with Crippen LogP contribution in [-0.4, -0.2) is 36.0 Å². The van der Waals surface area contributed by atoms with E-state index in [1.54, 1.807) is 6.92 Å². The highest BCUT2D eigenvalue weighted by atomic mass is 32.2. The fraction of sp³-hybridized carbons (Fsp3) is 0.778. The van der Waals surface area contributed by atoms with Crippen molar-refractivity contribution in [1.82, 2.24) is 10.1 Å². The van der Waals surface area contributed by atoms with Gasteiger partial charge in [0.2, 0.25) is 5.89 Å². The lowest BCUT2D eigenvalue weighted by atomic mass is 10.2. The Hall–Kier alpha value is -0.950. The van der Waals surface area contributed by atoms with Crippen molar-refractivity contribution in [3.8, 4) is 0 Å². The molecule has 1 aromatic rings. The van der Waals surface area contributed by atoms with E-state index in [1.807, 2.05) is 0 Å². The summed E-state index contributed by atoms with van der Waals surface area (Å²) in [5.74, 6) is 0.523. The molecule has 6 nitrogen and oxygen atoms in total. The Morgan fingerprint density at radius 3 is 2.56 bits per heavy atom. The van der Waals surface area contributed by atoms with Crippen LogP contribution in [0.25, 0.3) is 0 Å². The predicted molar refractivity (Wildman–Crippen MR) is 57.6 cm³/mol. The van der Waals surface area contributed by atoms with Crippen LogP contribution in [0.3, 0.4) is 0 Å². The summed E-state index contributed by atoms with van der Waals surface area (Å²) >= 11 is 0. The molecule has 16 heavy (non-hydrogen) atoms. The third-order valence-corrected chi connectivity index (χ3v) is 3.76. The molecule has 2 atom stereocenters. The lowest BCUT2D eigenvalue weighted by Crippen LogP contribution is -2.09. The zero-order valence-electron chi connectivity index (χ0n) is 9.54. The van der Waals surface area contributed by atoms with Crippen LogP contribution in [0.4, 0.5) is 0 Å². The minimum Gasteiger partial charge on any atom is -0.393 e. The van der Waals surface area contributed by atoms with Crippen molar-refractivity contribution in [1.29, 1.82) is 0 Å². The second-order valence-electron chi connectivity index (χ2n) is 3.91. The molecule has 1 aromatic heterocycles. The number of aliphatic hydroxyl groups excluding tert-OH is 1. The third kappa shape index (κ3) is 3.57. The van der Waals surface area contributed by atoms with Gasteiger partial charge in [-0.05, 0) is 20.3 Å². The Labute approximate surface area is 94.6 Å². The van der Waals surface area contributed by atoms with Gasteiger partial charge in [0.25, 0.3) is 0 Å². The number of hydrogen-bond acceptors (Lipinski definition) is 6. The van der Waals surface area contributed by atoms with Crippen LogP contribution in [0.2, 0.25) is 0 Å². The first kappa shape index (κ1) is 13.1. The van der Waals surface area contributed by atoms with Crippen molar-refractivity contribution in [2.24, 2.45) is 0 Å². The van der Waals surface area contributed by atoms with Crippen LogP contribution < -0.4 is 0 Å².